The third kappa shape index (κ3) is 5.11. The lowest BCUT2D eigenvalue weighted by Gasteiger charge is -2.32. The van der Waals surface area contributed by atoms with E-state index in [-0.39, 0.29) is 17.7 Å². The van der Waals surface area contributed by atoms with Crippen LogP contribution in [0.5, 0.6) is 0 Å². The highest BCUT2D eigenvalue weighted by atomic mass is 35.5. The minimum absolute atomic E-state index is 0.0278. The van der Waals surface area contributed by atoms with Gasteiger partial charge in [0.05, 0.1) is 11.4 Å². The number of rotatable bonds is 7. The van der Waals surface area contributed by atoms with E-state index in [1.807, 2.05) is 28.9 Å². The third-order valence-corrected chi connectivity index (χ3v) is 7.00. The summed E-state index contributed by atoms with van der Waals surface area (Å²) in [5, 5.41) is 6.17. The predicted octanol–water partition coefficient (Wildman–Crippen LogP) is 4.89. The van der Waals surface area contributed by atoms with Gasteiger partial charge in [-0.1, -0.05) is 54.6 Å². The van der Waals surface area contributed by atoms with E-state index in [0.29, 0.717) is 59.1 Å². The van der Waals surface area contributed by atoms with Gasteiger partial charge in [-0.05, 0) is 43.0 Å². The van der Waals surface area contributed by atoms with Gasteiger partial charge in [0.1, 0.15) is 17.8 Å². The predicted molar refractivity (Wildman–Crippen MR) is 144 cm³/mol. The highest BCUT2D eigenvalue weighted by Gasteiger charge is 2.28. The number of anilines is 1. The molecule has 1 unspecified atom stereocenters. The van der Waals surface area contributed by atoms with Crippen LogP contribution in [0, 0.1) is 0 Å². The lowest BCUT2D eigenvalue weighted by atomic mass is 10.0. The number of fused-ring (bicyclic) bond motifs is 1. The number of hydrogen-bond acceptors (Lipinski definition) is 6. The average Bonchev–Trinajstić information content (AvgIpc) is 3.32. The molecule has 0 spiro atoms. The molecular weight excluding hydrogens is 488 g/mol. The van der Waals surface area contributed by atoms with Crippen molar-refractivity contribution >= 4 is 40.1 Å². The molecule has 0 radical (unpaired) electrons. The zero-order valence-corrected chi connectivity index (χ0v) is 21.1. The number of aryl methyl sites for hydroxylation is 1. The smallest absolute Gasteiger partial charge is 0.246 e. The summed E-state index contributed by atoms with van der Waals surface area (Å²) in [5.41, 5.74) is 10.2. The number of nitrogen functional groups attached to an aromatic ring is 1. The molecule has 188 valence electrons. The number of ketones is 1. The fourth-order valence-electron chi connectivity index (χ4n) is 4.83. The summed E-state index contributed by atoms with van der Waals surface area (Å²) in [6.45, 7) is 4.85. The molecule has 2 aromatic heterocycles. The van der Waals surface area contributed by atoms with E-state index < -0.39 is 0 Å². The number of piperidine rings is 1. The van der Waals surface area contributed by atoms with Gasteiger partial charge in [-0.3, -0.25) is 9.59 Å². The molecule has 1 aliphatic rings. The molecule has 8 nitrogen and oxygen atoms in total. The molecule has 9 heteroatoms. The molecule has 5 rings (SSSR count). The Balaban J connectivity index is 1.39. The number of aromatic nitrogens is 4. The molecule has 1 fully saturated rings. The number of benzene rings is 2. The third-order valence-electron chi connectivity index (χ3n) is 6.76. The summed E-state index contributed by atoms with van der Waals surface area (Å²) in [7, 11) is 0. The van der Waals surface area contributed by atoms with Crippen molar-refractivity contribution in [2.75, 3.05) is 18.8 Å². The Labute approximate surface area is 219 Å². The second kappa shape index (κ2) is 10.5. The number of hydrogen-bond donors (Lipinski definition) is 1. The SMILES string of the molecule is C=CC(=O)N1CCCC(n2nc(-c3ccc(CCC(=O)c4cccc(Cl)c4)cc3)c3c(N)ncnc32)C1. The number of halogens is 1. The van der Waals surface area contributed by atoms with Crippen molar-refractivity contribution in [1.29, 1.82) is 0 Å². The van der Waals surface area contributed by atoms with E-state index in [0.717, 1.165) is 24.0 Å². The maximum atomic E-state index is 12.6. The minimum atomic E-state index is -0.0834. The van der Waals surface area contributed by atoms with Gasteiger partial charge in [-0.2, -0.15) is 5.10 Å². The highest BCUT2D eigenvalue weighted by Crippen LogP contribution is 2.34. The first kappa shape index (κ1) is 24.6. The summed E-state index contributed by atoms with van der Waals surface area (Å²) in [4.78, 5) is 35.2. The van der Waals surface area contributed by atoms with Gasteiger partial charge in [0.2, 0.25) is 5.91 Å². The molecule has 37 heavy (non-hydrogen) atoms. The second-order valence-electron chi connectivity index (χ2n) is 9.17. The van der Waals surface area contributed by atoms with Gasteiger partial charge in [0.25, 0.3) is 0 Å². The normalized spacial score (nSPS) is 15.6. The fourth-order valence-corrected chi connectivity index (χ4v) is 5.02. The average molecular weight is 515 g/mol. The van der Waals surface area contributed by atoms with Crippen LogP contribution in [-0.4, -0.2) is 49.4 Å². The Morgan fingerprint density at radius 2 is 1.97 bits per heavy atom. The van der Waals surface area contributed by atoms with Gasteiger partial charge in [-0.25, -0.2) is 14.6 Å². The van der Waals surface area contributed by atoms with Crippen molar-refractivity contribution in [2.45, 2.75) is 31.7 Å². The molecule has 1 amide bonds. The molecule has 0 saturated carbocycles. The lowest BCUT2D eigenvalue weighted by molar-refractivity contribution is -0.127. The molecule has 3 heterocycles. The summed E-state index contributed by atoms with van der Waals surface area (Å²) in [6, 6.07) is 14.9. The Hall–Kier alpha value is -4.04. The van der Waals surface area contributed by atoms with Crippen LogP contribution in [0.1, 0.15) is 41.2 Å². The van der Waals surface area contributed by atoms with Gasteiger partial charge in [-0.15, -0.1) is 0 Å². The van der Waals surface area contributed by atoms with Crippen LogP contribution in [0.3, 0.4) is 0 Å². The van der Waals surface area contributed by atoms with Gasteiger partial charge in [0.15, 0.2) is 11.4 Å². The van der Waals surface area contributed by atoms with E-state index in [2.05, 4.69) is 16.5 Å². The summed E-state index contributed by atoms with van der Waals surface area (Å²) in [6.07, 6.45) is 5.53. The molecule has 1 atom stereocenters. The first-order valence-electron chi connectivity index (χ1n) is 12.2. The summed E-state index contributed by atoms with van der Waals surface area (Å²) >= 11 is 6.01. The van der Waals surface area contributed by atoms with Crippen molar-refractivity contribution in [1.82, 2.24) is 24.6 Å². The quantitative estimate of drug-likeness (QED) is 0.278. The molecule has 2 aromatic carbocycles. The van der Waals surface area contributed by atoms with E-state index in [9.17, 15) is 9.59 Å². The number of amides is 1. The molecule has 0 bridgehead atoms. The lowest BCUT2D eigenvalue weighted by Crippen LogP contribution is -2.40. The number of nitrogens with zero attached hydrogens (tertiary/aromatic N) is 5. The van der Waals surface area contributed by atoms with E-state index in [4.69, 9.17) is 22.4 Å². The van der Waals surface area contributed by atoms with Crippen LogP contribution in [0.15, 0.2) is 67.5 Å². The van der Waals surface area contributed by atoms with Crippen LogP contribution in [0.4, 0.5) is 5.82 Å². The van der Waals surface area contributed by atoms with Gasteiger partial charge in [0, 0.05) is 35.7 Å². The highest BCUT2D eigenvalue weighted by molar-refractivity contribution is 6.31. The standard InChI is InChI=1S/C28H27ClN6O2/c1-2-24(37)34-14-4-7-22(16-34)35-28-25(27(30)31-17-32-28)26(33-35)19-11-8-18(9-12-19)10-13-23(36)20-5-3-6-21(29)15-20/h2-3,5-6,8-9,11-12,15,17,22H,1,4,7,10,13-14,16H2,(H2,30,31,32). The van der Waals surface area contributed by atoms with Crippen LogP contribution in [0.25, 0.3) is 22.3 Å². The van der Waals surface area contributed by atoms with Crippen LogP contribution >= 0.6 is 11.6 Å². The first-order chi connectivity index (χ1) is 17.9. The van der Waals surface area contributed by atoms with Crippen LogP contribution < -0.4 is 5.73 Å². The zero-order chi connectivity index (χ0) is 25.9. The van der Waals surface area contributed by atoms with Crippen molar-refractivity contribution in [3.05, 3.63) is 83.7 Å². The van der Waals surface area contributed by atoms with Crippen molar-refractivity contribution in [2.24, 2.45) is 0 Å². The molecule has 4 aromatic rings. The fraction of sp³-hybridized carbons (Fsp3) is 0.250. The number of carbonyl (C=O) groups is 2. The Morgan fingerprint density at radius 1 is 1.16 bits per heavy atom. The van der Waals surface area contributed by atoms with Gasteiger partial charge >= 0.3 is 0 Å². The molecular formula is C28H27ClN6O2. The van der Waals surface area contributed by atoms with Crippen LogP contribution in [-0.2, 0) is 11.2 Å². The number of likely N-dealkylation sites (tertiary alicyclic amines) is 1. The van der Waals surface area contributed by atoms with Crippen LogP contribution in [0.2, 0.25) is 5.02 Å². The first-order valence-corrected chi connectivity index (χ1v) is 12.6. The van der Waals surface area contributed by atoms with Crippen molar-refractivity contribution < 1.29 is 9.59 Å². The Bertz CT molecular complexity index is 1480. The Kier molecular flexibility index (Phi) is 7.01. The van der Waals surface area contributed by atoms with Gasteiger partial charge < -0.3 is 10.6 Å². The number of carbonyl (C=O) groups excluding carboxylic acids is 2. The molecule has 0 aliphatic carbocycles. The monoisotopic (exact) mass is 514 g/mol. The molecule has 1 aliphatic heterocycles. The molecule has 1 saturated heterocycles. The topological polar surface area (TPSA) is 107 Å². The van der Waals surface area contributed by atoms with Crippen molar-refractivity contribution in [3.63, 3.8) is 0 Å². The molecule has 2 N–H and O–H groups in total. The minimum Gasteiger partial charge on any atom is -0.383 e. The van der Waals surface area contributed by atoms with Crippen molar-refractivity contribution in [3.8, 4) is 11.3 Å². The van der Waals surface area contributed by atoms with E-state index in [1.165, 1.54) is 12.4 Å². The zero-order valence-electron chi connectivity index (χ0n) is 20.3. The van der Waals surface area contributed by atoms with E-state index >= 15 is 0 Å². The maximum absolute atomic E-state index is 12.6. The summed E-state index contributed by atoms with van der Waals surface area (Å²) < 4.78 is 1.88. The summed E-state index contributed by atoms with van der Waals surface area (Å²) in [5.74, 6) is 0.329. The second-order valence-corrected chi connectivity index (χ2v) is 9.60. The maximum Gasteiger partial charge on any atom is 0.246 e. The number of nitrogens with two attached hydrogens (primary N) is 1. The Morgan fingerprint density at radius 3 is 2.73 bits per heavy atom. The largest absolute Gasteiger partial charge is 0.383 e. The van der Waals surface area contributed by atoms with E-state index in [1.54, 1.807) is 29.2 Å². The number of Topliss-reactive ketones (excluding diaryl/α,β-unsaturated/α-hetero) is 1.